The van der Waals surface area contributed by atoms with Crippen LogP contribution in [0.4, 0.5) is 0 Å². The van der Waals surface area contributed by atoms with Crippen LogP contribution in [-0.4, -0.2) is 56.8 Å². The van der Waals surface area contributed by atoms with Crippen molar-refractivity contribution in [1.82, 2.24) is 9.21 Å². The maximum absolute atomic E-state index is 13.1. The molecule has 1 aromatic carbocycles. The number of carbonyl (C=O) groups excluding carboxylic acids is 1. The van der Waals surface area contributed by atoms with Crippen molar-refractivity contribution < 1.29 is 22.4 Å². The van der Waals surface area contributed by atoms with Crippen LogP contribution in [0.25, 0.3) is 11.0 Å². The topological polar surface area (TPSA) is 80.1 Å². The highest BCUT2D eigenvalue weighted by Gasteiger charge is 2.33. The molecule has 0 aliphatic carbocycles. The Bertz CT molecular complexity index is 1220. The van der Waals surface area contributed by atoms with Crippen LogP contribution < -0.4 is 4.74 Å². The number of hydrogen-bond acceptors (Lipinski definition) is 6. The fourth-order valence-electron chi connectivity index (χ4n) is 3.81. The molecule has 0 spiro atoms. The van der Waals surface area contributed by atoms with Crippen LogP contribution in [0.15, 0.2) is 33.6 Å². The average Bonchev–Trinajstić information content (AvgIpc) is 3.26. The largest absolute Gasteiger partial charge is 0.497 e. The predicted octanol–water partition coefficient (Wildman–Crippen LogP) is 3.57. The molecule has 0 atom stereocenters. The Hall–Kier alpha value is -2.36. The summed E-state index contributed by atoms with van der Waals surface area (Å²) >= 11 is 1.48. The molecule has 1 aliphatic heterocycles. The molecule has 0 N–H and O–H groups in total. The van der Waals surface area contributed by atoms with E-state index in [1.807, 2.05) is 26.8 Å². The van der Waals surface area contributed by atoms with Crippen molar-refractivity contribution >= 4 is 38.2 Å². The number of rotatable bonds is 4. The molecule has 1 aliphatic rings. The van der Waals surface area contributed by atoms with E-state index in [-0.39, 0.29) is 19.0 Å². The predicted molar refractivity (Wildman–Crippen MR) is 116 cm³/mol. The van der Waals surface area contributed by atoms with Crippen molar-refractivity contribution in [3.8, 4) is 5.75 Å². The van der Waals surface area contributed by atoms with E-state index in [4.69, 9.17) is 9.15 Å². The van der Waals surface area contributed by atoms with Crippen LogP contribution in [0.3, 0.4) is 0 Å². The van der Waals surface area contributed by atoms with Gasteiger partial charge < -0.3 is 14.1 Å². The van der Waals surface area contributed by atoms with Crippen molar-refractivity contribution in [2.75, 3.05) is 33.3 Å². The minimum atomic E-state index is -3.55. The molecule has 0 unspecified atom stereocenters. The maximum atomic E-state index is 13.1. The zero-order valence-corrected chi connectivity index (χ0v) is 19.0. The normalized spacial score (nSPS) is 15.7. The molecular weight excluding hydrogens is 424 g/mol. The van der Waals surface area contributed by atoms with Gasteiger partial charge >= 0.3 is 0 Å². The second-order valence-electron chi connectivity index (χ2n) is 7.39. The minimum absolute atomic E-state index is 0.220. The zero-order valence-electron chi connectivity index (χ0n) is 17.4. The van der Waals surface area contributed by atoms with E-state index in [0.717, 1.165) is 20.7 Å². The number of benzene rings is 1. The highest BCUT2D eigenvalue weighted by atomic mass is 32.2. The van der Waals surface area contributed by atoms with Crippen molar-refractivity contribution in [1.29, 1.82) is 0 Å². The minimum Gasteiger partial charge on any atom is -0.497 e. The molecule has 0 bridgehead atoms. The van der Waals surface area contributed by atoms with Gasteiger partial charge in [0.1, 0.15) is 11.3 Å². The van der Waals surface area contributed by atoms with Gasteiger partial charge in [-0.1, -0.05) is 0 Å². The van der Waals surface area contributed by atoms with E-state index in [1.54, 1.807) is 30.2 Å². The molecule has 30 heavy (non-hydrogen) atoms. The van der Waals surface area contributed by atoms with Crippen LogP contribution in [0.2, 0.25) is 0 Å². The van der Waals surface area contributed by atoms with Crippen molar-refractivity contribution in [2.24, 2.45) is 0 Å². The van der Waals surface area contributed by atoms with Gasteiger partial charge in [-0.15, -0.1) is 11.3 Å². The van der Waals surface area contributed by atoms with Gasteiger partial charge in [0.05, 0.1) is 12.0 Å². The van der Waals surface area contributed by atoms with Crippen LogP contribution in [0.1, 0.15) is 25.9 Å². The number of sulfonamides is 1. The third-order valence-electron chi connectivity index (χ3n) is 5.48. The van der Waals surface area contributed by atoms with E-state index < -0.39 is 10.0 Å². The first kappa shape index (κ1) is 20.9. The summed E-state index contributed by atoms with van der Waals surface area (Å²) in [5.41, 5.74) is 1.38. The quantitative estimate of drug-likeness (QED) is 0.610. The average molecular weight is 449 g/mol. The highest BCUT2D eigenvalue weighted by molar-refractivity contribution is 7.89. The number of furan rings is 1. The van der Waals surface area contributed by atoms with Gasteiger partial charge in [-0.05, 0) is 45.0 Å². The Morgan fingerprint density at radius 3 is 2.40 bits per heavy atom. The van der Waals surface area contributed by atoms with Crippen molar-refractivity contribution in [3.05, 3.63) is 45.3 Å². The van der Waals surface area contributed by atoms with Crippen LogP contribution >= 0.6 is 11.3 Å². The molecular formula is C21H24N2O5S2. The molecule has 4 rings (SSSR count). The summed E-state index contributed by atoms with van der Waals surface area (Å²) in [4.78, 5) is 16.8. The van der Waals surface area contributed by atoms with E-state index in [1.165, 1.54) is 15.6 Å². The Morgan fingerprint density at radius 1 is 1.10 bits per heavy atom. The summed E-state index contributed by atoms with van der Waals surface area (Å²) in [7, 11) is -1.96. The summed E-state index contributed by atoms with van der Waals surface area (Å²) in [5.74, 6) is 0.768. The first-order chi connectivity index (χ1) is 14.2. The Balaban J connectivity index is 1.52. The lowest BCUT2D eigenvalue weighted by atomic mass is 10.1. The number of carbonyl (C=O) groups is 1. The number of amides is 1. The Kier molecular flexibility index (Phi) is 5.37. The number of ether oxygens (including phenoxy) is 1. The third kappa shape index (κ3) is 3.51. The van der Waals surface area contributed by atoms with Crippen LogP contribution in [0.5, 0.6) is 5.75 Å². The first-order valence-corrected chi connectivity index (χ1v) is 11.9. The van der Waals surface area contributed by atoms with E-state index >= 15 is 0 Å². The summed E-state index contributed by atoms with van der Waals surface area (Å²) in [5, 5.41) is 0.835. The van der Waals surface area contributed by atoms with Gasteiger partial charge in [-0.2, -0.15) is 4.31 Å². The Labute approximate surface area is 179 Å². The molecule has 3 heterocycles. The number of thiophene rings is 1. The fourth-order valence-corrected chi connectivity index (χ4v) is 6.75. The van der Waals surface area contributed by atoms with E-state index in [2.05, 4.69) is 0 Å². The molecule has 1 fully saturated rings. The SMILES string of the molecule is COc1ccc2oc(C(=O)N3CCN(S(=O)(=O)c4cc(C)sc4C)CC3)c(C)c2c1. The van der Waals surface area contributed by atoms with Gasteiger partial charge in [-0.3, -0.25) is 4.79 Å². The fraction of sp³-hybridized carbons (Fsp3) is 0.381. The molecule has 160 valence electrons. The van der Waals surface area contributed by atoms with Gasteiger partial charge in [0.25, 0.3) is 5.91 Å². The monoisotopic (exact) mass is 448 g/mol. The summed E-state index contributed by atoms with van der Waals surface area (Å²) in [6, 6.07) is 7.14. The molecule has 1 amide bonds. The molecule has 2 aromatic heterocycles. The number of methoxy groups -OCH3 is 1. The number of hydrogen-bond donors (Lipinski definition) is 0. The van der Waals surface area contributed by atoms with Crippen molar-refractivity contribution in [3.63, 3.8) is 0 Å². The number of piperazine rings is 1. The zero-order chi connectivity index (χ0) is 21.6. The van der Waals surface area contributed by atoms with E-state index in [9.17, 15) is 13.2 Å². The van der Waals surface area contributed by atoms with Crippen LogP contribution in [0, 0.1) is 20.8 Å². The van der Waals surface area contributed by atoms with Gasteiger partial charge in [0.15, 0.2) is 5.76 Å². The molecule has 0 radical (unpaired) electrons. The lowest BCUT2D eigenvalue weighted by molar-refractivity contribution is 0.0667. The second kappa shape index (κ2) is 7.72. The molecule has 0 saturated carbocycles. The lowest BCUT2D eigenvalue weighted by Gasteiger charge is -2.33. The van der Waals surface area contributed by atoms with Crippen LogP contribution in [-0.2, 0) is 10.0 Å². The molecule has 1 saturated heterocycles. The molecule has 3 aromatic rings. The summed E-state index contributed by atoms with van der Waals surface area (Å²) in [6.45, 7) is 6.73. The highest BCUT2D eigenvalue weighted by Crippen LogP contribution is 2.31. The lowest BCUT2D eigenvalue weighted by Crippen LogP contribution is -2.50. The molecule has 9 heteroatoms. The number of fused-ring (bicyclic) bond motifs is 1. The van der Waals surface area contributed by atoms with Gasteiger partial charge in [-0.25, -0.2) is 8.42 Å². The van der Waals surface area contributed by atoms with Gasteiger partial charge in [0.2, 0.25) is 10.0 Å². The smallest absolute Gasteiger partial charge is 0.289 e. The second-order valence-corrected chi connectivity index (χ2v) is 10.8. The number of aryl methyl sites for hydroxylation is 3. The maximum Gasteiger partial charge on any atom is 0.289 e. The molecule has 7 nitrogen and oxygen atoms in total. The van der Waals surface area contributed by atoms with Crippen molar-refractivity contribution in [2.45, 2.75) is 25.7 Å². The Morgan fingerprint density at radius 2 is 1.80 bits per heavy atom. The van der Waals surface area contributed by atoms with E-state index in [0.29, 0.717) is 35.1 Å². The summed E-state index contributed by atoms with van der Waals surface area (Å²) < 4.78 is 38.5. The first-order valence-electron chi connectivity index (χ1n) is 9.66. The standard InChI is InChI=1S/C21H24N2O5S2/c1-13-11-19(15(3)29-13)30(25,26)23-9-7-22(8-10-23)21(24)20-14(2)17-12-16(27-4)5-6-18(17)28-20/h5-6,11-12H,7-10H2,1-4H3. The van der Waals surface area contributed by atoms with Gasteiger partial charge in [0, 0.05) is 46.9 Å². The summed E-state index contributed by atoms with van der Waals surface area (Å²) in [6.07, 6.45) is 0. The number of nitrogens with zero attached hydrogens (tertiary/aromatic N) is 2. The third-order valence-corrected chi connectivity index (χ3v) is 8.60.